The lowest BCUT2D eigenvalue weighted by Crippen LogP contribution is -2.60. The van der Waals surface area contributed by atoms with Crippen LogP contribution in [0, 0.1) is 17.8 Å². The van der Waals surface area contributed by atoms with Gasteiger partial charge in [-0.15, -0.1) is 24.9 Å². The molecule has 1 aromatic rings. The maximum absolute atomic E-state index is 14.9. The summed E-state index contributed by atoms with van der Waals surface area (Å²) >= 11 is 5.57. The molecule has 3 saturated heterocycles. The molecule has 4 fully saturated rings. The number of nitrogens with zero attached hydrogens (tertiary/aromatic N) is 3. The molecule has 234 valence electrons. The van der Waals surface area contributed by atoms with Crippen molar-refractivity contribution in [3.8, 4) is 0 Å². The molecule has 1 aromatic carbocycles. The molecule has 1 N–H and O–H groups in total. The number of aliphatic hydroxyl groups excluding tert-OH is 1. The Morgan fingerprint density at radius 2 is 1.79 bits per heavy atom. The Morgan fingerprint density at radius 3 is 2.40 bits per heavy atom. The molecule has 1 spiro atoms. The van der Waals surface area contributed by atoms with Crippen molar-refractivity contribution >= 4 is 45.4 Å². The number of carbonyl (C=O) groups excluding carboxylic acids is 3. The van der Waals surface area contributed by atoms with E-state index in [9.17, 15) is 19.5 Å². The van der Waals surface area contributed by atoms with Crippen LogP contribution in [-0.4, -0.2) is 90.2 Å². The summed E-state index contributed by atoms with van der Waals surface area (Å²) in [5, 5.41) is 10.5. The molecule has 1 saturated carbocycles. The number of hydrogen-bond acceptors (Lipinski definition) is 5. The largest absolute Gasteiger partial charge is 0.394 e. The van der Waals surface area contributed by atoms with Crippen LogP contribution in [0.2, 0.25) is 0 Å². The number of benzene rings is 1. The van der Waals surface area contributed by atoms with E-state index in [4.69, 9.17) is 0 Å². The summed E-state index contributed by atoms with van der Waals surface area (Å²) in [4.78, 5) is 49.6. The lowest BCUT2D eigenvalue weighted by atomic mass is 9.70. The van der Waals surface area contributed by atoms with Crippen LogP contribution in [0.3, 0.4) is 0 Å². The van der Waals surface area contributed by atoms with Crippen molar-refractivity contribution in [1.82, 2.24) is 14.7 Å². The number of thioether (sulfide) groups is 1. The van der Waals surface area contributed by atoms with Gasteiger partial charge in [0.25, 0.3) is 0 Å². The van der Waals surface area contributed by atoms with Crippen LogP contribution < -0.4 is 0 Å². The summed E-state index contributed by atoms with van der Waals surface area (Å²) in [6, 6.07) is 8.70. The summed E-state index contributed by atoms with van der Waals surface area (Å²) in [5.41, 5.74) is 1.01. The Morgan fingerprint density at radius 1 is 1.12 bits per heavy atom. The Kier molecular flexibility index (Phi) is 10.1. The average Bonchev–Trinajstić information content (AvgIpc) is 3.59. The van der Waals surface area contributed by atoms with Crippen molar-refractivity contribution in [2.24, 2.45) is 17.8 Å². The highest BCUT2D eigenvalue weighted by atomic mass is 79.9. The molecule has 3 unspecified atom stereocenters. The first-order valence-corrected chi connectivity index (χ1v) is 17.6. The molecule has 9 heteroatoms. The molecule has 2 bridgehead atoms. The van der Waals surface area contributed by atoms with E-state index in [1.54, 1.807) is 33.7 Å². The minimum atomic E-state index is -0.754. The molecule has 5 rings (SSSR count). The zero-order chi connectivity index (χ0) is 30.9. The smallest absolute Gasteiger partial charge is 0.247 e. The highest BCUT2D eigenvalue weighted by Gasteiger charge is 2.76. The van der Waals surface area contributed by atoms with Crippen molar-refractivity contribution in [2.75, 3.05) is 19.7 Å². The Labute approximate surface area is 269 Å². The quantitative estimate of drug-likeness (QED) is 0.249. The van der Waals surface area contributed by atoms with Crippen molar-refractivity contribution in [2.45, 2.75) is 91.9 Å². The molecule has 3 amide bonds. The summed E-state index contributed by atoms with van der Waals surface area (Å²) in [6.45, 7) is 12.8. The van der Waals surface area contributed by atoms with E-state index in [2.05, 4.69) is 29.1 Å². The van der Waals surface area contributed by atoms with Crippen molar-refractivity contribution in [3.05, 3.63) is 61.2 Å². The summed E-state index contributed by atoms with van der Waals surface area (Å²) < 4.78 is -0.754. The Balaban J connectivity index is 1.57. The van der Waals surface area contributed by atoms with Crippen molar-refractivity contribution in [1.29, 1.82) is 0 Å². The zero-order valence-corrected chi connectivity index (χ0v) is 27.8. The van der Waals surface area contributed by atoms with Crippen LogP contribution in [0.25, 0.3) is 0 Å². The standard InChI is InChI=1S/C34H46BrN3O4S/c1-5-17-36(20-23-13-9-7-10-14-23)31(40)27-28-32(41)38(26(21-39)22(3)4)30(34(28)19-25(35)29(27)43-34)33(42)37(18-6-2)24-15-11-8-12-16-24/h5-7,9-10,13-14,22,24-30,39H,1-2,8,11-12,15-21H2,3-4H3/t25?,26-,27+,28-,29+,30?,34?/m0/s1. The summed E-state index contributed by atoms with van der Waals surface area (Å²) in [6.07, 6.45) is 9.35. The van der Waals surface area contributed by atoms with Crippen LogP contribution in [-0.2, 0) is 20.9 Å². The summed E-state index contributed by atoms with van der Waals surface area (Å²) in [7, 11) is 0. The number of aliphatic hydroxyl groups is 1. The fraction of sp³-hybridized carbons (Fsp3) is 0.618. The zero-order valence-electron chi connectivity index (χ0n) is 25.4. The molecule has 7 nitrogen and oxygen atoms in total. The van der Waals surface area contributed by atoms with E-state index < -0.39 is 28.7 Å². The molecule has 0 radical (unpaired) electrons. The minimum Gasteiger partial charge on any atom is -0.394 e. The van der Waals surface area contributed by atoms with Gasteiger partial charge in [0.05, 0.1) is 29.2 Å². The molecule has 7 atom stereocenters. The molecular weight excluding hydrogens is 626 g/mol. The number of hydrogen-bond donors (Lipinski definition) is 1. The minimum absolute atomic E-state index is 0.0118. The van der Waals surface area contributed by atoms with E-state index in [0.717, 1.165) is 31.2 Å². The van der Waals surface area contributed by atoms with E-state index in [-0.39, 0.29) is 46.4 Å². The molecule has 43 heavy (non-hydrogen) atoms. The van der Waals surface area contributed by atoms with Crippen LogP contribution in [0.1, 0.15) is 57.9 Å². The van der Waals surface area contributed by atoms with Gasteiger partial charge < -0.3 is 19.8 Å². The maximum atomic E-state index is 14.9. The molecule has 1 aliphatic carbocycles. The molecule has 0 aromatic heterocycles. The fourth-order valence-corrected chi connectivity index (χ4v) is 11.7. The number of halogens is 1. The fourth-order valence-electron chi connectivity index (χ4n) is 8.12. The van der Waals surface area contributed by atoms with Crippen molar-refractivity contribution < 1.29 is 19.5 Å². The number of fused-ring (bicyclic) bond motifs is 1. The number of likely N-dealkylation sites (tertiary alicyclic amines) is 1. The van der Waals surface area contributed by atoms with Gasteiger partial charge in [0.1, 0.15) is 6.04 Å². The maximum Gasteiger partial charge on any atom is 0.247 e. The van der Waals surface area contributed by atoms with Crippen LogP contribution in [0.5, 0.6) is 0 Å². The predicted octanol–water partition coefficient (Wildman–Crippen LogP) is 5.03. The van der Waals surface area contributed by atoms with Gasteiger partial charge in [-0.25, -0.2) is 0 Å². The highest BCUT2D eigenvalue weighted by molar-refractivity contribution is 9.09. The topological polar surface area (TPSA) is 81.2 Å². The number of alkyl halides is 1. The molecule has 4 aliphatic rings. The van der Waals surface area contributed by atoms with Gasteiger partial charge in [-0.1, -0.05) is 91.5 Å². The van der Waals surface area contributed by atoms with Gasteiger partial charge in [0, 0.05) is 35.8 Å². The van der Waals surface area contributed by atoms with Gasteiger partial charge in [-0.3, -0.25) is 14.4 Å². The van der Waals surface area contributed by atoms with Crippen LogP contribution in [0.4, 0.5) is 0 Å². The third kappa shape index (κ3) is 5.74. The first kappa shape index (κ1) is 32.3. The van der Waals surface area contributed by atoms with Gasteiger partial charge in [-0.05, 0) is 30.7 Å². The van der Waals surface area contributed by atoms with E-state index in [1.807, 2.05) is 49.1 Å². The Hall–Kier alpha value is -2.10. The number of rotatable bonds is 12. The third-order valence-electron chi connectivity index (χ3n) is 10.1. The monoisotopic (exact) mass is 671 g/mol. The SMILES string of the molecule is C=CCN(Cc1ccccc1)C(=O)[C@H]1[C@@H]2SC3(CC2Br)C(C(=O)N(CC=C)C2CCCCC2)N([C@@H](CO)C(C)C)C(=O)[C@H]13. The van der Waals surface area contributed by atoms with Crippen LogP contribution >= 0.6 is 27.7 Å². The van der Waals surface area contributed by atoms with Crippen LogP contribution in [0.15, 0.2) is 55.6 Å². The summed E-state index contributed by atoms with van der Waals surface area (Å²) in [5.74, 6) is -1.57. The van der Waals surface area contributed by atoms with Gasteiger partial charge in [0.15, 0.2) is 0 Å². The first-order valence-electron chi connectivity index (χ1n) is 15.8. The normalized spacial score (nSPS) is 30.8. The molecule has 3 heterocycles. The lowest BCUT2D eigenvalue weighted by Gasteiger charge is -2.43. The molecular formula is C34H46BrN3O4S. The van der Waals surface area contributed by atoms with Crippen molar-refractivity contribution in [3.63, 3.8) is 0 Å². The van der Waals surface area contributed by atoms with E-state index in [1.165, 1.54) is 6.42 Å². The second-order valence-electron chi connectivity index (χ2n) is 13.0. The van der Waals surface area contributed by atoms with Gasteiger partial charge in [0.2, 0.25) is 17.7 Å². The molecule has 3 aliphatic heterocycles. The number of amides is 3. The number of carbonyl (C=O) groups is 3. The van der Waals surface area contributed by atoms with Gasteiger partial charge >= 0.3 is 0 Å². The predicted molar refractivity (Wildman–Crippen MR) is 176 cm³/mol. The lowest BCUT2D eigenvalue weighted by molar-refractivity contribution is -0.149. The Bertz CT molecular complexity index is 1210. The van der Waals surface area contributed by atoms with E-state index in [0.29, 0.717) is 26.1 Å². The first-order chi connectivity index (χ1) is 20.7. The second kappa shape index (κ2) is 13.5. The second-order valence-corrected chi connectivity index (χ2v) is 15.7. The third-order valence-corrected chi connectivity index (χ3v) is 13.3. The van der Waals surface area contributed by atoms with Gasteiger partial charge in [-0.2, -0.15) is 0 Å². The average molecular weight is 673 g/mol. The van der Waals surface area contributed by atoms with E-state index >= 15 is 0 Å². The highest BCUT2D eigenvalue weighted by Crippen LogP contribution is 2.68.